The van der Waals surface area contributed by atoms with Crippen molar-refractivity contribution in [3.8, 4) is 0 Å². The molecule has 0 N–H and O–H groups in total. The highest BCUT2D eigenvalue weighted by atomic mass is 32.1. The van der Waals surface area contributed by atoms with Crippen LogP contribution in [0.5, 0.6) is 0 Å². The van der Waals surface area contributed by atoms with E-state index in [0.29, 0.717) is 16.6 Å². The van der Waals surface area contributed by atoms with Crippen LogP contribution in [0.15, 0.2) is 72.8 Å². The Labute approximate surface area is 191 Å². The molecule has 8 heteroatoms. The summed E-state index contributed by atoms with van der Waals surface area (Å²) in [6, 6.07) is 21.7. The average molecular weight is 453 g/mol. The fraction of sp³-hybridized carbons (Fsp3) is 0.160. The van der Waals surface area contributed by atoms with Gasteiger partial charge in [-0.15, -0.1) is 0 Å². The number of anilines is 1. The second-order valence-electron chi connectivity index (χ2n) is 8.66. The van der Waals surface area contributed by atoms with Crippen molar-refractivity contribution in [2.45, 2.75) is 11.5 Å². The van der Waals surface area contributed by atoms with Crippen molar-refractivity contribution in [3.05, 3.63) is 105 Å². The number of carbonyl (C=O) groups is 2. The van der Waals surface area contributed by atoms with Gasteiger partial charge in [-0.05, 0) is 23.3 Å². The van der Waals surface area contributed by atoms with Gasteiger partial charge in [0.05, 0.1) is 16.1 Å². The number of imide groups is 1. The van der Waals surface area contributed by atoms with E-state index in [2.05, 4.69) is 4.98 Å². The van der Waals surface area contributed by atoms with Gasteiger partial charge in [-0.3, -0.25) is 19.7 Å². The average Bonchev–Trinajstić information content (AvgIpc) is 3.37. The second-order valence-corrected chi connectivity index (χ2v) is 9.66. The fourth-order valence-corrected chi connectivity index (χ4v) is 7.16. The normalized spacial score (nSPS) is 26.9. The van der Waals surface area contributed by atoms with Crippen LogP contribution in [0.25, 0.3) is 10.2 Å². The molecule has 0 radical (unpaired) electrons. The Balaban J connectivity index is 1.52. The highest BCUT2D eigenvalue weighted by Crippen LogP contribution is 2.64. The van der Waals surface area contributed by atoms with Crippen LogP contribution in [0, 0.1) is 22.0 Å². The molecule has 4 aromatic rings. The van der Waals surface area contributed by atoms with Crippen LogP contribution < -0.4 is 4.90 Å². The number of para-hydroxylation sites is 1. The maximum Gasteiger partial charge on any atom is 0.285 e. The number of benzene rings is 3. The van der Waals surface area contributed by atoms with Crippen LogP contribution in [0.1, 0.15) is 28.2 Å². The number of rotatable bonds is 2. The topological polar surface area (TPSA) is 93.4 Å². The smallest absolute Gasteiger partial charge is 0.274 e. The van der Waals surface area contributed by atoms with Crippen molar-refractivity contribution >= 4 is 38.5 Å². The van der Waals surface area contributed by atoms with Crippen molar-refractivity contribution in [1.29, 1.82) is 0 Å². The molecule has 0 spiro atoms. The summed E-state index contributed by atoms with van der Waals surface area (Å²) in [5.74, 6) is -3.35. The molecule has 2 bridgehead atoms. The third-order valence-electron chi connectivity index (χ3n) is 7.34. The minimum absolute atomic E-state index is 0.270. The van der Waals surface area contributed by atoms with Crippen LogP contribution in [0.4, 0.5) is 5.13 Å². The molecule has 0 saturated carbocycles. The molecule has 160 valence electrons. The number of carbonyl (C=O) groups excluding carboxylic acids is 2. The largest absolute Gasteiger partial charge is 0.285 e. The summed E-state index contributed by atoms with van der Waals surface area (Å²) in [7, 11) is 0. The number of fused-ring (bicyclic) bond motifs is 1. The second kappa shape index (κ2) is 6.11. The molecule has 3 aliphatic carbocycles. The summed E-state index contributed by atoms with van der Waals surface area (Å²) < 4.78 is 0.849. The lowest BCUT2D eigenvalue weighted by molar-refractivity contribution is -0.578. The van der Waals surface area contributed by atoms with Crippen molar-refractivity contribution in [1.82, 2.24) is 4.98 Å². The SMILES string of the molecule is O=C1C2C3c4ccccc4C([N+](=O)[O-])(c4ccccc43)C2C(=O)N1c1nc2ccccc2s1. The molecule has 1 aliphatic heterocycles. The van der Waals surface area contributed by atoms with Gasteiger partial charge in [-0.25, -0.2) is 9.88 Å². The Morgan fingerprint density at radius 1 is 0.879 bits per heavy atom. The first-order valence-corrected chi connectivity index (χ1v) is 11.4. The van der Waals surface area contributed by atoms with Gasteiger partial charge in [0.2, 0.25) is 11.8 Å². The van der Waals surface area contributed by atoms with Crippen molar-refractivity contribution in [2.75, 3.05) is 4.90 Å². The first-order valence-electron chi connectivity index (χ1n) is 10.6. The zero-order chi connectivity index (χ0) is 22.5. The predicted molar refractivity (Wildman–Crippen MR) is 122 cm³/mol. The van der Waals surface area contributed by atoms with Gasteiger partial charge < -0.3 is 0 Å². The Kier molecular flexibility index (Phi) is 3.45. The number of nitro groups is 1. The Hall–Kier alpha value is -3.91. The number of nitrogens with zero attached hydrogens (tertiary/aromatic N) is 3. The molecule has 4 aliphatic rings. The zero-order valence-electron chi connectivity index (χ0n) is 17.0. The molecular weight excluding hydrogens is 438 g/mol. The number of hydrogen-bond donors (Lipinski definition) is 0. The van der Waals surface area contributed by atoms with E-state index in [4.69, 9.17) is 0 Å². The molecule has 1 aromatic heterocycles. The molecule has 3 aromatic carbocycles. The molecule has 1 fully saturated rings. The molecule has 1 saturated heterocycles. The molecule has 7 nitrogen and oxygen atoms in total. The van der Waals surface area contributed by atoms with E-state index in [-0.39, 0.29) is 10.1 Å². The lowest BCUT2D eigenvalue weighted by Crippen LogP contribution is -2.57. The monoisotopic (exact) mass is 453 g/mol. The Bertz CT molecular complexity index is 1460. The molecule has 8 rings (SSSR count). The van der Waals surface area contributed by atoms with Crippen LogP contribution in [-0.2, 0) is 15.1 Å². The predicted octanol–water partition coefficient (Wildman–Crippen LogP) is 4.08. The van der Waals surface area contributed by atoms with Crippen LogP contribution >= 0.6 is 11.3 Å². The highest BCUT2D eigenvalue weighted by Gasteiger charge is 2.75. The molecule has 2 atom stereocenters. The first-order chi connectivity index (χ1) is 16.0. The maximum atomic E-state index is 13.9. The summed E-state index contributed by atoms with van der Waals surface area (Å²) in [5.41, 5.74) is 1.39. The lowest BCUT2D eigenvalue weighted by Gasteiger charge is -2.48. The third-order valence-corrected chi connectivity index (χ3v) is 8.36. The summed E-state index contributed by atoms with van der Waals surface area (Å²) in [5, 5.41) is 13.2. The molecule has 2 amide bonds. The maximum absolute atomic E-state index is 13.9. The Morgan fingerprint density at radius 3 is 2.12 bits per heavy atom. The number of aromatic nitrogens is 1. The van der Waals surface area contributed by atoms with E-state index in [1.165, 1.54) is 11.3 Å². The first kappa shape index (κ1) is 18.6. The number of amides is 2. The minimum atomic E-state index is -1.81. The molecule has 2 heterocycles. The standard InChI is InChI=1S/C25H15N3O4S/c29-22-20-19-13-7-1-3-9-15(13)25(28(31)32,16-10-4-2-8-14(16)19)21(20)23(30)27(22)24-26-17-11-5-6-12-18(17)33-24/h1-12,19-21H. The van der Waals surface area contributed by atoms with E-state index >= 15 is 0 Å². The van der Waals surface area contributed by atoms with Gasteiger partial charge >= 0.3 is 0 Å². The van der Waals surface area contributed by atoms with E-state index < -0.39 is 35.1 Å². The van der Waals surface area contributed by atoms with Gasteiger partial charge in [-0.2, -0.15) is 0 Å². The van der Waals surface area contributed by atoms with Gasteiger partial charge in [-0.1, -0.05) is 72.0 Å². The molecule has 2 unspecified atom stereocenters. The lowest BCUT2D eigenvalue weighted by atomic mass is 9.51. The van der Waals surface area contributed by atoms with Crippen LogP contribution in [0.3, 0.4) is 0 Å². The molecule has 33 heavy (non-hydrogen) atoms. The molecular formula is C25H15N3O4S. The Morgan fingerprint density at radius 2 is 1.48 bits per heavy atom. The number of thiazole rings is 1. The van der Waals surface area contributed by atoms with Gasteiger partial charge in [0.25, 0.3) is 5.54 Å². The van der Waals surface area contributed by atoms with E-state index in [9.17, 15) is 19.7 Å². The van der Waals surface area contributed by atoms with Crippen molar-refractivity contribution in [2.24, 2.45) is 11.8 Å². The minimum Gasteiger partial charge on any atom is -0.274 e. The van der Waals surface area contributed by atoms with E-state index in [0.717, 1.165) is 20.7 Å². The van der Waals surface area contributed by atoms with Crippen molar-refractivity contribution in [3.63, 3.8) is 0 Å². The van der Waals surface area contributed by atoms with E-state index in [1.807, 2.05) is 48.5 Å². The fourth-order valence-electron chi connectivity index (χ4n) is 6.19. The summed E-state index contributed by atoms with van der Waals surface area (Å²) in [6.07, 6.45) is 0. The third kappa shape index (κ3) is 2.03. The zero-order valence-corrected chi connectivity index (χ0v) is 17.9. The van der Waals surface area contributed by atoms with Gasteiger partial charge in [0, 0.05) is 22.0 Å². The van der Waals surface area contributed by atoms with Crippen LogP contribution in [-0.4, -0.2) is 21.7 Å². The summed E-state index contributed by atoms with van der Waals surface area (Å²) in [6.45, 7) is 0. The summed E-state index contributed by atoms with van der Waals surface area (Å²) >= 11 is 1.25. The quantitative estimate of drug-likeness (QED) is 0.259. The number of hydrogen-bond acceptors (Lipinski definition) is 6. The van der Waals surface area contributed by atoms with Gasteiger partial charge in [0.1, 0.15) is 5.92 Å². The van der Waals surface area contributed by atoms with Crippen LogP contribution in [0.2, 0.25) is 0 Å². The van der Waals surface area contributed by atoms with Crippen molar-refractivity contribution < 1.29 is 14.5 Å². The van der Waals surface area contributed by atoms with E-state index in [1.54, 1.807) is 24.3 Å². The summed E-state index contributed by atoms with van der Waals surface area (Å²) in [4.78, 5) is 46.0. The highest BCUT2D eigenvalue weighted by molar-refractivity contribution is 7.22. The van der Waals surface area contributed by atoms with Gasteiger partial charge in [0.15, 0.2) is 5.13 Å².